The number of hydrogen-bond acceptors (Lipinski definition) is 5. The Morgan fingerprint density at radius 2 is 1.61 bits per heavy atom. The van der Waals surface area contributed by atoms with E-state index < -0.39 is 12.7 Å². The predicted octanol–water partition coefficient (Wildman–Crippen LogP) is 0.803. The molecule has 2 N–H and O–H groups in total. The van der Waals surface area contributed by atoms with Crippen molar-refractivity contribution in [2.75, 3.05) is 0 Å². The quantitative estimate of drug-likeness (QED) is 0.697. The molecule has 7 heteroatoms. The second-order valence-corrected chi connectivity index (χ2v) is 5.79. The number of aromatic nitrogens is 4. The molecule has 1 heterocycles. The van der Waals surface area contributed by atoms with E-state index in [1.165, 1.54) is 4.80 Å². The summed E-state index contributed by atoms with van der Waals surface area (Å²) >= 11 is 0. The fourth-order valence-corrected chi connectivity index (χ4v) is 2.45. The molecule has 0 fully saturated rings. The first kappa shape index (κ1) is 15.4. The first-order valence-electron chi connectivity index (χ1n) is 7.31. The van der Waals surface area contributed by atoms with Gasteiger partial charge in [-0.2, -0.15) is 4.80 Å². The minimum absolute atomic E-state index is 0.351. The summed E-state index contributed by atoms with van der Waals surface area (Å²) in [5.41, 5.74) is 1.49. The van der Waals surface area contributed by atoms with E-state index in [0.29, 0.717) is 16.9 Å². The van der Waals surface area contributed by atoms with Gasteiger partial charge in [0.2, 0.25) is 5.82 Å². The van der Waals surface area contributed by atoms with Gasteiger partial charge in [0.25, 0.3) is 0 Å². The van der Waals surface area contributed by atoms with Gasteiger partial charge in [0, 0.05) is 5.56 Å². The summed E-state index contributed by atoms with van der Waals surface area (Å²) in [4.78, 5) is 1.54. The monoisotopic (exact) mass is 308 g/mol. The minimum Gasteiger partial charge on any atom is -0.423 e. The maximum absolute atomic E-state index is 9.48. The zero-order valence-corrected chi connectivity index (χ0v) is 13.0. The van der Waals surface area contributed by atoms with Crippen LogP contribution in [0, 0.1) is 0 Å². The lowest BCUT2D eigenvalue weighted by atomic mass is 9.77. The molecule has 116 valence electrons. The smallest absolute Gasteiger partial charge is 0.423 e. The highest BCUT2D eigenvalue weighted by Crippen LogP contribution is 2.24. The van der Waals surface area contributed by atoms with Gasteiger partial charge in [-0.15, -0.1) is 10.2 Å². The van der Waals surface area contributed by atoms with Crippen LogP contribution in [0.15, 0.2) is 54.6 Å². The third kappa shape index (κ3) is 2.88. The molecule has 0 atom stereocenters. The van der Waals surface area contributed by atoms with E-state index in [9.17, 15) is 10.0 Å². The van der Waals surface area contributed by atoms with Crippen molar-refractivity contribution in [3.63, 3.8) is 0 Å². The normalized spacial score (nSPS) is 11.5. The van der Waals surface area contributed by atoms with E-state index in [2.05, 4.69) is 15.4 Å². The Balaban J connectivity index is 2.02. The lowest BCUT2D eigenvalue weighted by Crippen LogP contribution is -2.32. The maximum atomic E-state index is 9.48. The van der Waals surface area contributed by atoms with Crippen LogP contribution in [0.1, 0.15) is 19.4 Å². The molecule has 0 amide bonds. The van der Waals surface area contributed by atoms with Crippen LogP contribution in [0.3, 0.4) is 0 Å². The average molecular weight is 308 g/mol. The Hall–Kier alpha value is -2.51. The van der Waals surface area contributed by atoms with E-state index in [-0.39, 0.29) is 0 Å². The average Bonchev–Trinajstić information content (AvgIpc) is 3.06. The van der Waals surface area contributed by atoms with Crippen LogP contribution < -0.4 is 5.46 Å². The van der Waals surface area contributed by atoms with Gasteiger partial charge in [0.05, 0.1) is 0 Å². The first-order chi connectivity index (χ1) is 11.0. The largest absolute Gasteiger partial charge is 0.489 e. The van der Waals surface area contributed by atoms with Crippen molar-refractivity contribution in [2.45, 2.75) is 19.4 Å². The number of hydrogen-bond donors (Lipinski definition) is 2. The summed E-state index contributed by atoms with van der Waals surface area (Å²) in [5.74, 6) is 0.359. The van der Waals surface area contributed by atoms with Crippen LogP contribution in [0.25, 0.3) is 11.4 Å². The molecule has 0 radical (unpaired) electrons. The number of nitrogens with zero attached hydrogens (tertiary/aromatic N) is 4. The molecule has 0 spiro atoms. The molecule has 0 aliphatic heterocycles. The van der Waals surface area contributed by atoms with Crippen LogP contribution in [-0.2, 0) is 5.54 Å². The first-order valence-corrected chi connectivity index (χ1v) is 7.31. The van der Waals surface area contributed by atoms with Crippen molar-refractivity contribution >= 4 is 12.6 Å². The molecule has 3 aromatic rings. The molecule has 3 rings (SSSR count). The number of tetrazole rings is 1. The van der Waals surface area contributed by atoms with Crippen molar-refractivity contribution in [2.24, 2.45) is 0 Å². The van der Waals surface area contributed by atoms with Crippen molar-refractivity contribution in [1.82, 2.24) is 20.2 Å². The Morgan fingerprint density at radius 1 is 0.957 bits per heavy atom. The lowest BCUT2D eigenvalue weighted by molar-refractivity contribution is 0.337. The highest BCUT2D eigenvalue weighted by atomic mass is 16.4. The zero-order chi connectivity index (χ0) is 16.4. The maximum Gasteiger partial charge on any atom is 0.489 e. The number of rotatable bonds is 4. The predicted molar refractivity (Wildman–Crippen MR) is 87.9 cm³/mol. The van der Waals surface area contributed by atoms with Crippen LogP contribution in [0.2, 0.25) is 0 Å². The van der Waals surface area contributed by atoms with Crippen LogP contribution in [0.5, 0.6) is 0 Å². The third-order valence-corrected chi connectivity index (χ3v) is 3.87. The molecule has 0 aliphatic rings. The van der Waals surface area contributed by atoms with Crippen molar-refractivity contribution < 1.29 is 10.0 Å². The van der Waals surface area contributed by atoms with Gasteiger partial charge in [0.15, 0.2) is 0 Å². The van der Waals surface area contributed by atoms with Crippen molar-refractivity contribution in [3.8, 4) is 11.4 Å². The van der Waals surface area contributed by atoms with E-state index in [1.54, 1.807) is 24.3 Å². The van der Waals surface area contributed by atoms with Crippen LogP contribution in [0.4, 0.5) is 0 Å². The molecule has 0 aliphatic carbocycles. The van der Waals surface area contributed by atoms with Gasteiger partial charge in [-0.1, -0.05) is 54.6 Å². The second-order valence-electron chi connectivity index (χ2n) is 5.79. The summed E-state index contributed by atoms with van der Waals surface area (Å²) in [5, 5.41) is 31.6. The highest BCUT2D eigenvalue weighted by molar-refractivity contribution is 6.60. The summed E-state index contributed by atoms with van der Waals surface area (Å²) < 4.78 is 0. The molecule has 2 aromatic carbocycles. The highest BCUT2D eigenvalue weighted by Gasteiger charge is 2.27. The minimum atomic E-state index is -1.58. The van der Waals surface area contributed by atoms with Crippen molar-refractivity contribution in [3.05, 3.63) is 60.2 Å². The fourth-order valence-electron chi connectivity index (χ4n) is 2.45. The lowest BCUT2D eigenvalue weighted by Gasteiger charge is -2.23. The van der Waals surface area contributed by atoms with Gasteiger partial charge >= 0.3 is 7.12 Å². The molecule has 1 aromatic heterocycles. The molecule has 23 heavy (non-hydrogen) atoms. The summed E-state index contributed by atoms with van der Waals surface area (Å²) in [7, 11) is -1.58. The molecule has 0 saturated heterocycles. The van der Waals surface area contributed by atoms with E-state index in [4.69, 9.17) is 0 Å². The molecule has 6 nitrogen and oxygen atoms in total. The third-order valence-electron chi connectivity index (χ3n) is 3.87. The Morgan fingerprint density at radius 3 is 2.30 bits per heavy atom. The number of benzene rings is 2. The Bertz CT molecular complexity index is 803. The van der Waals surface area contributed by atoms with Gasteiger partial charge in [-0.25, -0.2) is 0 Å². The molecular weight excluding hydrogens is 291 g/mol. The standard InChI is InChI=1S/C16H17BN4O2/c1-16(2,12-8-4-3-5-9-12)21-19-15(18-20-21)13-10-6-7-11-14(13)17(22)23/h3-11,22-23H,1-2H3. The molecule has 0 saturated carbocycles. The molecular formula is C16H17BN4O2. The Labute approximate surface area is 134 Å². The molecule has 0 unspecified atom stereocenters. The van der Waals surface area contributed by atoms with Crippen LogP contribution in [-0.4, -0.2) is 37.4 Å². The zero-order valence-electron chi connectivity index (χ0n) is 13.0. The topological polar surface area (TPSA) is 84.1 Å². The van der Waals surface area contributed by atoms with Gasteiger partial charge in [0.1, 0.15) is 5.54 Å². The summed E-state index contributed by atoms with van der Waals surface area (Å²) in [6.45, 7) is 4.00. The van der Waals surface area contributed by atoms with Gasteiger partial charge in [-0.05, 0) is 30.1 Å². The van der Waals surface area contributed by atoms with Crippen molar-refractivity contribution in [1.29, 1.82) is 0 Å². The van der Waals surface area contributed by atoms with Crippen LogP contribution >= 0.6 is 0 Å². The summed E-state index contributed by atoms with van der Waals surface area (Å²) in [6, 6.07) is 16.8. The molecule has 0 bridgehead atoms. The van der Waals surface area contributed by atoms with Gasteiger partial charge in [-0.3, -0.25) is 0 Å². The van der Waals surface area contributed by atoms with E-state index in [0.717, 1.165) is 5.56 Å². The van der Waals surface area contributed by atoms with E-state index >= 15 is 0 Å². The summed E-state index contributed by atoms with van der Waals surface area (Å²) in [6.07, 6.45) is 0. The second kappa shape index (κ2) is 5.94. The fraction of sp³-hybridized carbons (Fsp3) is 0.188. The van der Waals surface area contributed by atoms with E-state index in [1.807, 2.05) is 44.2 Å². The van der Waals surface area contributed by atoms with Gasteiger partial charge < -0.3 is 10.0 Å². The Kier molecular flexibility index (Phi) is 3.98. The SMILES string of the molecule is CC(C)(c1ccccc1)n1nnc(-c2ccccc2B(O)O)n1.